The van der Waals surface area contributed by atoms with Crippen molar-refractivity contribution in [2.45, 2.75) is 32.6 Å². The van der Waals surface area contributed by atoms with Crippen molar-refractivity contribution in [1.82, 2.24) is 4.98 Å². The number of nitrogens with one attached hydrogen (secondary N) is 1. The van der Waals surface area contributed by atoms with E-state index in [0.29, 0.717) is 0 Å². The van der Waals surface area contributed by atoms with E-state index in [2.05, 4.69) is 52.1 Å². The van der Waals surface area contributed by atoms with Crippen LogP contribution < -0.4 is 5.73 Å². The number of unbranched alkanes of at least 4 members (excludes halogenated alkanes) is 1. The van der Waals surface area contributed by atoms with Crippen molar-refractivity contribution in [3.8, 4) is 11.3 Å². The molecule has 2 nitrogen and oxygen atoms in total. The summed E-state index contributed by atoms with van der Waals surface area (Å²) >= 11 is 10.1. The first kappa shape index (κ1) is 17.5. The second kappa shape index (κ2) is 7.73. The maximum Gasteiger partial charge on any atom is 0.0512 e. The summed E-state index contributed by atoms with van der Waals surface area (Å²) in [5.41, 5.74) is 11.8. The van der Waals surface area contributed by atoms with Gasteiger partial charge in [-0.15, -0.1) is 0 Å². The first-order chi connectivity index (χ1) is 11.7. The molecule has 1 heterocycles. The van der Waals surface area contributed by atoms with E-state index in [0.717, 1.165) is 53.0 Å². The van der Waals surface area contributed by atoms with E-state index in [1.165, 1.54) is 22.0 Å². The molecule has 0 bridgehead atoms. The first-order valence-corrected chi connectivity index (χ1v) is 9.60. The molecule has 0 saturated carbocycles. The van der Waals surface area contributed by atoms with Crippen molar-refractivity contribution >= 4 is 38.4 Å². The van der Waals surface area contributed by atoms with Crippen LogP contribution in [0, 0.1) is 0 Å². The molecule has 0 saturated heterocycles. The lowest BCUT2D eigenvalue weighted by atomic mass is 9.99. The van der Waals surface area contributed by atoms with Crippen molar-refractivity contribution in [2.24, 2.45) is 5.73 Å². The van der Waals surface area contributed by atoms with Crippen molar-refractivity contribution in [3.63, 3.8) is 0 Å². The average Bonchev–Trinajstić information content (AvgIpc) is 2.96. The molecular weight excluding hydrogens is 384 g/mol. The summed E-state index contributed by atoms with van der Waals surface area (Å²) in [4.78, 5) is 3.66. The van der Waals surface area contributed by atoms with Crippen LogP contribution in [0.25, 0.3) is 22.2 Å². The fourth-order valence-corrected chi connectivity index (χ4v) is 3.83. The van der Waals surface area contributed by atoms with Crippen LogP contribution in [0.1, 0.15) is 30.9 Å². The minimum absolute atomic E-state index is 0.732. The average molecular weight is 406 g/mol. The normalized spacial score (nSPS) is 11.3. The first-order valence-electron chi connectivity index (χ1n) is 8.43. The molecule has 0 spiro atoms. The summed E-state index contributed by atoms with van der Waals surface area (Å²) in [5.74, 6) is 0. The maximum absolute atomic E-state index is 6.50. The van der Waals surface area contributed by atoms with Crippen LogP contribution in [0.2, 0.25) is 5.02 Å². The Balaban J connectivity index is 2.21. The Kier molecular flexibility index (Phi) is 5.65. The standard InChI is InChI=1S/C20H22BrClN2/c1-2-13-6-5-8-15-16(7-3-4-11-23)20(24-19(13)15)17-12-14(21)9-10-18(17)22/h5-6,8-10,12,24H,2-4,7,11,23H2,1H3. The van der Waals surface area contributed by atoms with Gasteiger partial charge < -0.3 is 10.7 Å². The zero-order chi connectivity index (χ0) is 17.1. The molecule has 24 heavy (non-hydrogen) atoms. The lowest BCUT2D eigenvalue weighted by molar-refractivity contribution is 0.748. The third kappa shape index (κ3) is 3.39. The molecular formula is C20H22BrClN2. The molecule has 2 aromatic carbocycles. The van der Waals surface area contributed by atoms with Crippen molar-refractivity contribution in [1.29, 1.82) is 0 Å². The number of benzene rings is 2. The molecule has 0 radical (unpaired) electrons. The van der Waals surface area contributed by atoms with E-state index >= 15 is 0 Å². The molecule has 0 fully saturated rings. The minimum atomic E-state index is 0.732. The van der Waals surface area contributed by atoms with Crippen LogP contribution in [-0.4, -0.2) is 11.5 Å². The van der Waals surface area contributed by atoms with Gasteiger partial charge in [0.05, 0.1) is 5.69 Å². The minimum Gasteiger partial charge on any atom is -0.354 e. The van der Waals surface area contributed by atoms with Crippen LogP contribution >= 0.6 is 27.5 Å². The highest BCUT2D eigenvalue weighted by Crippen LogP contribution is 2.37. The summed E-state index contributed by atoms with van der Waals surface area (Å²) in [6.07, 6.45) is 4.12. The Morgan fingerprint density at radius 3 is 2.75 bits per heavy atom. The number of nitrogens with two attached hydrogens (primary N) is 1. The number of rotatable bonds is 6. The lowest BCUT2D eigenvalue weighted by Gasteiger charge is -2.08. The van der Waals surface area contributed by atoms with Crippen LogP contribution in [0.15, 0.2) is 40.9 Å². The monoisotopic (exact) mass is 404 g/mol. The largest absolute Gasteiger partial charge is 0.354 e. The zero-order valence-electron chi connectivity index (χ0n) is 13.8. The Labute approximate surface area is 156 Å². The van der Waals surface area contributed by atoms with E-state index in [1.54, 1.807) is 0 Å². The molecule has 0 aliphatic heterocycles. The summed E-state index contributed by atoms with van der Waals surface area (Å²) in [7, 11) is 0. The molecule has 3 N–H and O–H groups in total. The molecule has 0 aliphatic carbocycles. The number of halogens is 2. The second-order valence-corrected chi connectivity index (χ2v) is 7.36. The summed E-state index contributed by atoms with van der Waals surface area (Å²) in [6, 6.07) is 12.5. The Morgan fingerprint density at radius 1 is 1.17 bits per heavy atom. The number of hydrogen-bond acceptors (Lipinski definition) is 1. The van der Waals surface area contributed by atoms with E-state index in [1.807, 2.05) is 12.1 Å². The van der Waals surface area contributed by atoms with Gasteiger partial charge in [0.25, 0.3) is 0 Å². The highest BCUT2D eigenvalue weighted by Gasteiger charge is 2.16. The number of H-pyrrole nitrogens is 1. The molecule has 1 aromatic heterocycles. The molecule has 0 amide bonds. The van der Waals surface area contributed by atoms with Crippen LogP contribution in [0.3, 0.4) is 0 Å². The van der Waals surface area contributed by atoms with Crippen molar-refractivity contribution < 1.29 is 0 Å². The van der Waals surface area contributed by atoms with Crippen LogP contribution in [0.5, 0.6) is 0 Å². The summed E-state index contributed by atoms with van der Waals surface area (Å²) in [6.45, 7) is 2.92. The molecule has 0 aliphatic rings. The maximum atomic E-state index is 6.50. The van der Waals surface area contributed by atoms with Gasteiger partial charge in [0.2, 0.25) is 0 Å². The van der Waals surface area contributed by atoms with Gasteiger partial charge in [-0.25, -0.2) is 0 Å². The lowest BCUT2D eigenvalue weighted by Crippen LogP contribution is -1.99. The number of fused-ring (bicyclic) bond motifs is 1. The van der Waals surface area contributed by atoms with Gasteiger partial charge in [-0.2, -0.15) is 0 Å². The van der Waals surface area contributed by atoms with Gasteiger partial charge >= 0.3 is 0 Å². The molecule has 3 rings (SSSR count). The number of aromatic amines is 1. The van der Waals surface area contributed by atoms with Gasteiger partial charge in [-0.1, -0.05) is 52.7 Å². The smallest absolute Gasteiger partial charge is 0.0512 e. The van der Waals surface area contributed by atoms with Crippen LogP contribution in [0.4, 0.5) is 0 Å². The summed E-state index contributed by atoms with van der Waals surface area (Å²) in [5, 5.41) is 2.07. The van der Waals surface area contributed by atoms with E-state index < -0.39 is 0 Å². The van der Waals surface area contributed by atoms with Gasteiger partial charge in [-0.3, -0.25) is 0 Å². The van der Waals surface area contributed by atoms with Gasteiger partial charge in [0.1, 0.15) is 0 Å². The van der Waals surface area contributed by atoms with Gasteiger partial charge in [0, 0.05) is 26.0 Å². The SMILES string of the molecule is CCc1cccc2c(CCCCN)c(-c3cc(Br)ccc3Cl)[nH]c12. The van der Waals surface area contributed by atoms with E-state index in [4.69, 9.17) is 17.3 Å². The van der Waals surface area contributed by atoms with Crippen molar-refractivity contribution in [2.75, 3.05) is 6.54 Å². The second-order valence-electron chi connectivity index (χ2n) is 6.04. The number of hydrogen-bond donors (Lipinski definition) is 2. The highest BCUT2D eigenvalue weighted by molar-refractivity contribution is 9.10. The predicted octanol–water partition coefficient (Wildman–Crippen LogP) is 6.09. The molecule has 3 aromatic rings. The number of aryl methyl sites for hydroxylation is 2. The summed E-state index contributed by atoms with van der Waals surface area (Å²) < 4.78 is 1.03. The molecule has 0 atom stereocenters. The van der Waals surface area contributed by atoms with E-state index in [-0.39, 0.29) is 0 Å². The zero-order valence-corrected chi connectivity index (χ0v) is 16.2. The molecule has 126 valence electrons. The fraction of sp³-hybridized carbons (Fsp3) is 0.300. The predicted molar refractivity (Wildman–Crippen MR) is 108 cm³/mol. The molecule has 0 unspecified atom stereocenters. The Bertz CT molecular complexity index is 854. The van der Waals surface area contributed by atoms with Crippen molar-refractivity contribution in [3.05, 3.63) is 57.0 Å². The highest BCUT2D eigenvalue weighted by atomic mass is 79.9. The van der Waals surface area contributed by atoms with Crippen LogP contribution in [-0.2, 0) is 12.8 Å². The Morgan fingerprint density at radius 2 is 2.00 bits per heavy atom. The molecule has 4 heteroatoms. The Hall–Kier alpha value is -1.29. The van der Waals surface area contributed by atoms with E-state index in [9.17, 15) is 0 Å². The van der Waals surface area contributed by atoms with Gasteiger partial charge in [0.15, 0.2) is 0 Å². The third-order valence-corrected chi connectivity index (χ3v) is 5.31. The number of aromatic nitrogens is 1. The quantitative estimate of drug-likeness (QED) is 0.478. The third-order valence-electron chi connectivity index (χ3n) is 4.49. The number of para-hydroxylation sites is 1. The topological polar surface area (TPSA) is 41.8 Å². The fourth-order valence-electron chi connectivity index (χ4n) is 3.25. The van der Waals surface area contributed by atoms with Gasteiger partial charge in [-0.05, 0) is 61.6 Å².